The number of benzene rings is 1. The van der Waals surface area contributed by atoms with Crippen molar-refractivity contribution in [2.45, 2.75) is 58.0 Å². The predicted octanol–water partition coefficient (Wildman–Crippen LogP) is 2.84. The maximum Gasteiger partial charge on any atom is 0.293 e. The zero-order valence-corrected chi connectivity index (χ0v) is 17.8. The fraction of sp³-hybridized carbons (Fsp3) is 0.611. The second-order valence-electron chi connectivity index (χ2n) is 7.96. The summed E-state index contributed by atoms with van der Waals surface area (Å²) in [5, 5.41) is 19.2. The molecular weight excluding hydrogens is 386 g/mol. The molecule has 0 atom stereocenters. The predicted molar refractivity (Wildman–Crippen MR) is 107 cm³/mol. The van der Waals surface area contributed by atoms with Gasteiger partial charge in [-0.05, 0) is 45.7 Å². The van der Waals surface area contributed by atoms with Gasteiger partial charge in [0.25, 0.3) is 5.69 Å². The molecule has 28 heavy (non-hydrogen) atoms. The normalized spacial score (nSPS) is 12.6. The van der Waals surface area contributed by atoms with Gasteiger partial charge in [-0.3, -0.25) is 14.9 Å². The van der Waals surface area contributed by atoms with Crippen LogP contribution in [0.25, 0.3) is 0 Å². The van der Waals surface area contributed by atoms with Crippen molar-refractivity contribution in [2.75, 3.05) is 18.5 Å². The number of ketones is 1. The Labute approximate surface area is 165 Å². The fourth-order valence-electron chi connectivity index (χ4n) is 2.32. The summed E-state index contributed by atoms with van der Waals surface area (Å²) < 4.78 is 28.6. The third-order valence-electron chi connectivity index (χ3n) is 4.71. The molecule has 10 heteroatoms. The number of carbonyl (C=O) groups excluding carboxylic acids is 1. The van der Waals surface area contributed by atoms with E-state index in [2.05, 4.69) is 5.32 Å². The van der Waals surface area contributed by atoms with E-state index in [9.17, 15) is 23.3 Å². The molecule has 0 amide bonds. The molecule has 0 fully saturated rings. The Morgan fingerprint density at radius 2 is 1.86 bits per heavy atom. The highest BCUT2D eigenvalue weighted by molar-refractivity contribution is 7.89. The first kappa shape index (κ1) is 24.0. The average molecular weight is 416 g/mol. The average Bonchev–Trinajstić information content (AvgIpc) is 2.53. The van der Waals surface area contributed by atoms with Crippen LogP contribution in [0.3, 0.4) is 0 Å². The van der Waals surface area contributed by atoms with Crippen molar-refractivity contribution in [1.82, 2.24) is 0 Å². The molecule has 9 nitrogen and oxygen atoms in total. The molecule has 158 valence electrons. The summed E-state index contributed by atoms with van der Waals surface area (Å²) in [4.78, 5) is 21.8. The number of rotatable bonds is 11. The topological polar surface area (TPSA) is 142 Å². The van der Waals surface area contributed by atoms with Crippen LogP contribution in [-0.2, 0) is 19.6 Å². The molecule has 0 radical (unpaired) electrons. The summed E-state index contributed by atoms with van der Waals surface area (Å²) in [6, 6.07) is 3.47. The van der Waals surface area contributed by atoms with Crippen LogP contribution in [0.4, 0.5) is 11.4 Å². The lowest BCUT2D eigenvalue weighted by atomic mass is 9.86. The van der Waals surface area contributed by atoms with E-state index in [1.54, 1.807) is 6.92 Å². The van der Waals surface area contributed by atoms with Crippen molar-refractivity contribution in [2.24, 2.45) is 10.6 Å². The molecule has 0 aliphatic rings. The summed E-state index contributed by atoms with van der Waals surface area (Å²) in [6.45, 7) is 9.89. The van der Waals surface area contributed by atoms with E-state index in [4.69, 9.17) is 9.88 Å². The van der Waals surface area contributed by atoms with Gasteiger partial charge in [0.1, 0.15) is 11.5 Å². The number of hydrogen-bond acceptors (Lipinski definition) is 7. The van der Waals surface area contributed by atoms with Crippen LogP contribution in [-0.4, -0.2) is 37.9 Å². The minimum Gasteiger partial charge on any atom is -0.379 e. The Kier molecular flexibility index (Phi) is 7.69. The van der Waals surface area contributed by atoms with Crippen LogP contribution < -0.4 is 10.5 Å². The summed E-state index contributed by atoms with van der Waals surface area (Å²) in [5.74, 6) is 0.103. The van der Waals surface area contributed by atoms with Gasteiger partial charge in [-0.15, -0.1) is 0 Å². The number of hydrogen-bond donors (Lipinski definition) is 2. The van der Waals surface area contributed by atoms with Gasteiger partial charge in [-0.2, -0.15) is 0 Å². The zero-order chi connectivity index (χ0) is 21.8. The molecule has 0 saturated carbocycles. The van der Waals surface area contributed by atoms with Gasteiger partial charge in [-0.25, -0.2) is 13.6 Å². The highest BCUT2D eigenvalue weighted by Gasteiger charge is 2.26. The summed E-state index contributed by atoms with van der Waals surface area (Å²) in [7, 11) is -4.02. The monoisotopic (exact) mass is 415 g/mol. The number of nitro benzene ring substituents is 1. The molecule has 0 spiro atoms. The van der Waals surface area contributed by atoms with Crippen molar-refractivity contribution < 1.29 is 22.9 Å². The Morgan fingerprint density at radius 1 is 1.25 bits per heavy atom. The standard InChI is InChI=1S/C18H29N3O6S/c1-13(22)17(2,3)9-11-27-18(4,5)8-10-20-15-7-6-14(28(19,25)26)12-16(15)21(23)24/h6-7,12,20H,8-11H2,1-5H3,(H2,19,25,26). The number of nitrogens with one attached hydrogen (secondary N) is 1. The third kappa shape index (κ3) is 7.17. The van der Waals surface area contributed by atoms with Gasteiger partial charge >= 0.3 is 0 Å². The van der Waals surface area contributed by atoms with Crippen LogP contribution in [0.2, 0.25) is 0 Å². The van der Waals surface area contributed by atoms with E-state index in [-0.39, 0.29) is 22.1 Å². The quantitative estimate of drug-likeness (QED) is 0.418. The minimum atomic E-state index is -4.02. The largest absolute Gasteiger partial charge is 0.379 e. The van der Waals surface area contributed by atoms with Crippen LogP contribution >= 0.6 is 0 Å². The Balaban J connectivity index is 2.69. The van der Waals surface area contributed by atoms with Crippen molar-refractivity contribution in [3.63, 3.8) is 0 Å². The minimum absolute atomic E-state index is 0.103. The molecule has 0 aliphatic heterocycles. The van der Waals surface area contributed by atoms with E-state index in [1.165, 1.54) is 12.1 Å². The molecule has 0 aliphatic carbocycles. The molecule has 1 aromatic carbocycles. The number of nitrogens with two attached hydrogens (primary N) is 1. The van der Waals surface area contributed by atoms with Crippen molar-refractivity contribution in [3.05, 3.63) is 28.3 Å². The Bertz CT molecular complexity index is 834. The molecule has 3 N–H and O–H groups in total. The number of ether oxygens (including phenoxy) is 1. The summed E-state index contributed by atoms with van der Waals surface area (Å²) >= 11 is 0. The molecular formula is C18H29N3O6S. The Morgan fingerprint density at radius 3 is 2.36 bits per heavy atom. The zero-order valence-electron chi connectivity index (χ0n) is 16.9. The molecule has 0 bridgehead atoms. The first-order valence-electron chi connectivity index (χ1n) is 8.86. The van der Waals surface area contributed by atoms with Crippen molar-refractivity contribution in [1.29, 1.82) is 0 Å². The number of nitro groups is 1. The van der Waals surface area contributed by atoms with Gasteiger partial charge in [0, 0.05) is 24.6 Å². The second kappa shape index (κ2) is 8.97. The molecule has 0 unspecified atom stereocenters. The lowest BCUT2D eigenvalue weighted by Crippen LogP contribution is -2.31. The summed E-state index contributed by atoms with van der Waals surface area (Å²) in [5.41, 5.74) is -1.12. The van der Waals surface area contributed by atoms with E-state index < -0.39 is 26.0 Å². The van der Waals surface area contributed by atoms with E-state index in [1.807, 2.05) is 27.7 Å². The van der Waals surface area contributed by atoms with Crippen LogP contribution in [0.1, 0.15) is 47.5 Å². The van der Waals surface area contributed by atoms with Gasteiger partial charge in [0.15, 0.2) is 0 Å². The lowest BCUT2D eigenvalue weighted by Gasteiger charge is -2.28. The smallest absolute Gasteiger partial charge is 0.293 e. The number of primary sulfonamides is 1. The number of anilines is 1. The lowest BCUT2D eigenvalue weighted by molar-refractivity contribution is -0.384. The van der Waals surface area contributed by atoms with Crippen molar-refractivity contribution in [3.8, 4) is 0 Å². The fourth-order valence-corrected chi connectivity index (χ4v) is 2.85. The number of sulfonamides is 1. The van der Waals surface area contributed by atoms with Gasteiger partial charge in [0.2, 0.25) is 10.0 Å². The SMILES string of the molecule is CC(=O)C(C)(C)CCOC(C)(C)CCNc1ccc(S(N)(=O)=O)cc1[N+](=O)[O-]. The molecule has 0 aromatic heterocycles. The molecule has 1 aromatic rings. The van der Waals surface area contributed by atoms with Crippen LogP contribution in [0.5, 0.6) is 0 Å². The maximum atomic E-state index is 11.6. The summed E-state index contributed by atoms with van der Waals surface area (Å²) in [6.07, 6.45) is 1.14. The van der Waals surface area contributed by atoms with Gasteiger partial charge in [0.05, 0.1) is 15.4 Å². The second-order valence-corrected chi connectivity index (χ2v) is 9.52. The van der Waals surface area contributed by atoms with E-state index >= 15 is 0 Å². The highest BCUT2D eigenvalue weighted by atomic mass is 32.2. The maximum absolute atomic E-state index is 11.6. The molecule has 1 rings (SSSR count). The van der Waals surface area contributed by atoms with Gasteiger partial charge in [-0.1, -0.05) is 13.8 Å². The molecule has 0 heterocycles. The van der Waals surface area contributed by atoms with Crippen LogP contribution in [0.15, 0.2) is 23.1 Å². The van der Waals surface area contributed by atoms with Crippen LogP contribution in [0, 0.1) is 15.5 Å². The Hall–Kier alpha value is -2.04. The highest BCUT2D eigenvalue weighted by Crippen LogP contribution is 2.28. The number of carbonyl (C=O) groups is 1. The first-order valence-corrected chi connectivity index (χ1v) is 10.4. The molecule has 0 saturated heterocycles. The van der Waals surface area contributed by atoms with E-state index in [0.717, 1.165) is 6.07 Å². The number of nitrogens with zero attached hydrogens (tertiary/aromatic N) is 1. The third-order valence-corrected chi connectivity index (χ3v) is 5.62. The van der Waals surface area contributed by atoms with E-state index in [0.29, 0.717) is 26.0 Å². The van der Waals surface area contributed by atoms with Crippen molar-refractivity contribution >= 4 is 27.2 Å². The van der Waals surface area contributed by atoms with Gasteiger partial charge < -0.3 is 10.1 Å². The number of Topliss-reactive ketones (excluding diaryl/α,β-unsaturated/α-hetero) is 1. The first-order chi connectivity index (χ1) is 12.7.